The molecule has 1 N–H and O–H groups in total. The maximum atomic E-state index is 10.9. The largest absolute Gasteiger partial charge is 0.490 e. The van der Waals surface area contributed by atoms with E-state index in [4.69, 9.17) is 16.3 Å². The minimum atomic E-state index is -0.497. The third kappa shape index (κ3) is 3.73. The number of ether oxygens (including phenoxy) is 1. The number of rotatable bonds is 5. The van der Waals surface area contributed by atoms with Crippen molar-refractivity contribution >= 4 is 29.2 Å². The molecule has 2 aromatic carbocycles. The molecule has 22 heavy (non-hydrogen) atoms. The number of aryl methyl sites for hydroxylation is 1. The number of nitrogens with one attached hydrogen (secondary N) is 1. The molecular formula is C15H14ClN3O3. The molecule has 2 rings (SSSR count). The topological polar surface area (TPSA) is 76.8 Å². The average molecular weight is 320 g/mol. The second-order valence-electron chi connectivity index (χ2n) is 4.52. The van der Waals surface area contributed by atoms with E-state index in [2.05, 4.69) is 10.5 Å². The normalized spacial score (nSPS) is 10.7. The maximum absolute atomic E-state index is 10.9. The van der Waals surface area contributed by atoms with Crippen molar-refractivity contribution in [3.63, 3.8) is 0 Å². The molecule has 7 heteroatoms. The number of nitrogens with zero attached hydrogens (tertiary/aromatic N) is 2. The van der Waals surface area contributed by atoms with Crippen LogP contribution in [0.3, 0.4) is 0 Å². The predicted octanol–water partition coefficient (Wildman–Crippen LogP) is 4.01. The van der Waals surface area contributed by atoms with E-state index in [1.54, 1.807) is 12.1 Å². The SMILES string of the molecule is COc1ccc(/C=N/Nc2ccc(C)c(Cl)c2)cc1[N+](=O)[O-]. The van der Waals surface area contributed by atoms with E-state index in [0.717, 1.165) is 11.3 Å². The molecule has 114 valence electrons. The van der Waals surface area contributed by atoms with E-state index in [1.165, 1.54) is 25.5 Å². The number of anilines is 1. The van der Waals surface area contributed by atoms with Crippen LogP contribution in [-0.4, -0.2) is 18.2 Å². The van der Waals surface area contributed by atoms with Crippen LogP contribution in [0, 0.1) is 17.0 Å². The molecule has 0 atom stereocenters. The molecule has 0 saturated heterocycles. The Hall–Kier alpha value is -2.60. The van der Waals surface area contributed by atoms with Crippen LogP contribution < -0.4 is 10.2 Å². The molecule has 6 nitrogen and oxygen atoms in total. The van der Waals surface area contributed by atoms with Gasteiger partial charge in [-0.25, -0.2) is 0 Å². The summed E-state index contributed by atoms with van der Waals surface area (Å²) in [5.41, 5.74) is 5.00. The van der Waals surface area contributed by atoms with Crippen molar-refractivity contribution in [1.82, 2.24) is 0 Å². The van der Waals surface area contributed by atoms with Gasteiger partial charge in [-0.15, -0.1) is 0 Å². The maximum Gasteiger partial charge on any atom is 0.311 e. The molecular weight excluding hydrogens is 306 g/mol. The van der Waals surface area contributed by atoms with E-state index in [0.29, 0.717) is 10.6 Å². The molecule has 0 spiro atoms. The molecule has 0 heterocycles. The van der Waals surface area contributed by atoms with Crippen molar-refractivity contribution in [1.29, 1.82) is 0 Å². The summed E-state index contributed by atoms with van der Waals surface area (Å²) < 4.78 is 4.94. The Balaban J connectivity index is 2.14. The molecule has 0 fully saturated rings. The van der Waals surface area contributed by atoms with E-state index >= 15 is 0 Å². The Morgan fingerprint density at radius 3 is 2.73 bits per heavy atom. The standard InChI is InChI=1S/C15H14ClN3O3/c1-10-3-5-12(8-13(10)16)18-17-9-11-4-6-15(22-2)14(7-11)19(20)21/h3-9,18H,1-2H3/b17-9+. The molecule has 0 aliphatic heterocycles. The lowest BCUT2D eigenvalue weighted by molar-refractivity contribution is -0.385. The fraction of sp³-hybridized carbons (Fsp3) is 0.133. The van der Waals surface area contributed by atoms with E-state index in [-0.39, 0.29) is 11.4 Å². The second kappa shape index (κ2) is 6.91. The number of benzene rings is 2. The average Bonchev–Trinajstić information content (AvgIpc) is 2.50. The van der Waals surface area contributed by atoms with Crippen molar-refractivity contribution in [3.8, 4) is 5.75 Å². The third-order valence-electron chi connectivity index (χ3n) is 2.98. The van der Waals surface area contributed by atoms with Crippen molar-refractivity contribution in [3.05, 3.63) is 62.7 Å². The highest BCUT2D eigenvalue weighted by atomic mass is 35.5. The van der Waals surface area contributed by atoms with E-state index in [1.807, 2.05) is 19.1 Å². The smallest absolute Gasteiger partial charge is 0.311 e. The Bertz CT molecular complexity index is 732. The lowest BCUT2D eigenvalue weighted by Crippen LogP contribution is -1.96. The van der Waals surface area contributed by atoms with Crippen LogP contribution in [0.25, 0.3) is 0 Å². The molecule has 0 saturated carbocycles. The van der Waals surface area contributed by atoms with Gasteiger partial charge in [-0.2, -0.15) is 5.10 Å². The van der Waals surface area contributed by atoms with Crippen LogP contribution in [0.15, 0.2) is 41.5 Å². The lowest BCUT2D eigenvalue weighted by Gasteiger charge is -2.04. The summed E-state index contributed by atoms with van der Waals surface area (Å²) >= 11 is 6.02. The van der Waals surface area contributed by atoms with Gasteiger partial charge in [-0.1, -0.05) is 17.7 Å². The van der Waals surface area contributed by atoms with Crippen molar-refractivity contribution < 1.29 is 9.66 Å². The Kier molecular flexibility index (Phi) is 4.95. The monoisotopic (exact) mass is 319 g/mol. The molecule has 0 aliphatic rings. The number of nitro groups is 1. The fourth-order valence-electron chi connectivity index (χ4n) is 1.77. The molecule has 0 aliphatic carbocycles. The molecule has 0 amide bonds. The van der Waals surface area contributed by atoms with Gasteiger partial charge >= 0.3 is 5.69 Å². The third-order valence-corrected chi connectivity index (χ3v) is 3.39. The highest BCUT2D eigenvalue weighted by Crippen LogP contribution is 2.27. The van der Waals surface area contributed by atoms with Gasteiger partial charge in [0, 0.05) is 16.7 Å². The molecule has 0 radical (unpaired) electrons. The summed E-state index contributed by atoms with van der Waals surface area (Å²) in [6, 6.07) is 10.1. The first kappa shape index (κ1) is 15.8. The highest BCUT2D eigenvalue weighted by Gasteiger charge is 2.14. The van der Waals surface area contributed by atoms with Crippen LogP contribution in [0.4, 0.5) is 11.4 Å². The molecule has 0 aromatic heterocycles. The summed E-state index contributed by atoms with van der Waals surface area (Å²) in [6.45, 7) is 1.91. The number of nitro benzene ring substituents is 1. The highest BCUT2D eigenvalue weighted by molar-refractivity contribution is 6.31. The summed E-state index contributed by atoms with van der Waals surface area (Å²) in [5, 5.41) is 15.6. The van der Waals surface area contributed by atoms with Crippen molar-refractivity contribution in [2.24, 2.45) is 5.10 Å². The van der Waals surface area contributed by atoms with Gasteiger partial charge in [0.2, 0.25) is 0 Å². The lowest BCUT2D eigenvalue weighted by atomic mass is 10.2. The fourth-order valence-corrected chi connectivity index (χ4v) is 1.95. The van der Waals surface area contributed by atoms with Crippen LogP contribution >= 0.6 is 11.6 Å². The zero-order valence-corrected chi connectivity index (χ0v) is 12.8. The number of hydrogen-bond acceptors (Lipinski definition) is 5. The van der Waals surface area contributed by atoms with E-state index in [9.17, 15) is 10.1 Å². The van der Waals surface area contributed by atoms with Gasteiger partial charge in [0.15, 0.2) is 5.75 Å². The molecule has 0 bridgehead atoms. The molecule has 0 unspecified atom stereocenters. The van der Waals surface area contributed by atoms with Gasteiger partial charge in [-0.3, -0.25) is 15.5 Å². The zero-order chi connectivity index (χ0) is 16.1. The summed E-state index contributed by atoms with van der Waals surface area (Å²) in [7, 11) is 1.39. The van der Waals surface area contributed by atoms with E-state index < -0.39 is 4.92 Å². The van der Waals surface area contributed by atoms with Crippen LogP contribution in [0.1, 0.15) is 11.1 Å². The second-order valence-corrected chi connectivity index (χ2v) is 4.93. The summed E-state index contributed by atoms with van der Waals surface area (Å²) in [5.74, 6) is 0.209. The minimum absolute atomic E-state index is 0.107. The number of methoxy groups -OCH3 is 1. The minimum Gasteiger partial charge on any atom is -0.490 e. The van der Waals surface area contributed by atoms with Gasteiger partial charge in [-0.05, 0) is 36.8 Å². The number of hydrogen-bond donors (Lipinski definition) is 1. The number of hydrazone groups is 1. The first-order valence-corrected chi connectivity index (χ1v) is 6.76. The van der Waals surface area contributed by atoms with Crippen LogP contribution in [0.2, 0.25) is 5.02 Å². The zero-order valence-electron chi connectivity index (χ0n) is 12.0. The summed E-state index contributed by atoms with van der Waals surface area (Å²) in [4.78, 5) is 10.5. The van der Waals surface area contributed by atoms with Gasteiger partial charge in [0.1, 0.15) is 0 Å². The Morgan fingerprint density at radius 1 is 1.32 bits per heavy atom. The summed E-state index contributed by atoms with van der Waals surface area (Å²) in [6.07, 6.45) is 1.49. The first-order chi connectivity index (χ1) is 10.5. The number of halogens is 1. The predicted molar refractivity (Wildman–Crippen MR) is 87.1 cm³/mol. The van der Waals surface area contributed by atoms with Crippen molar-refractivity contribution in [2.75, 3.05) is 12.5 Å². The first-order valence-electron chi connectivity index (χ1n) is 6.39. The molecule has 2 aromatic rings. The Labute approximate surface area is 132 Å². The van der Waals surface area contributed by atoms with Gasteiger partial charge in [0.25, 0.3) is 0 Å². The van der Waals surface area contributed by atoms with Gasteiger partial charge in [0.05, 0.1) is 23.9 Å². The van der Waals surface area contributed by atoms with Crippen LogP contribution in [0.5, 0.6) is 5.75 Å². The van der Waals surface area contributed by atoms with Crippen LogP contribution in [-0.2, 0) is 0 Å². The Morgan fingerprint density at radius 2 is 2.09 bits per heavy atom. The van der Waals surface area contributed by atoms with Gasteiger partial charge < -0.3 is 4.74 Å². The quantitative estimate of drug-likeness (QED) is 0.513. The van der Waals surface area contributed by atoms with Crippen molar-refractivity contribution in [2.45, 2.75) is 6.92 Å².